The van der Waals surface area contributed by atoms with E-state index in [1.165, 1.54) is 0 Å². The van der Waals surface area contributed by atoms with Crippen LogP contribution in [-0.4, -0.2) is 30.3 Å². The number of alkyl carbamates (subject to hydrolysis) is 1. The zero-order valence-electron chi connectivity index (χ0n) is 13.0. The maximum atomic E-state index is 12.0. The lowest BCUT2D eigenvalue weighted by Crippen LogP contribution is -2.44. The lowest BCUT2D eigenvalue weighted by molar-refractivity contribution is -0.146. The summed E-state index contributed by atoms with van der Waals surface area (Å²) < 4.78 is 10.4. The normalized spacial score (nSPS) is 16.4. The molecule has 0 bridgehead atoms. The molecule has 0 aromatic rings. The number of carbonyl (C=O) groups excluding carboxylic acids is 2. The van der Waals surface area contributed by atoms with Crippen molar-refractivity contribution < 1.29 is 19.1 Å². The predicted octanol–water partition coefficient (Wildman–Crippen LogP) is 3.02. The van der Waals surface area contributed by atoms with Gasteiger partial charge in [0.15, 0.2) is 0 Å². The van der Waals surface area contributed by atoms with Crippen LogP contribution in [-0.2, 0) is 14.3 Å². The molecular formula is C15H27NO4. The average Bonchev–Trinajstić information content (AvgIpc) is 3.09. The van der Waals surface area contributed by atoms with Crippen LogP contribution in [0.3, 0.4) is 0 Å². The third-order valence-corrected chi connectivity index (χ3v) is 2.98. The van der Waals surface area contributed by atoms with E-state index in [1.54, 1.807) is 20.8 Å². The highest BCUT2D eigenvalue weighted by Gasteiger charge is 2.32. The molecule has 0 saturated heterocycles. The van der Waals surface area contributed by atoms with Crippen molar-refractivity contribution >= 4 is 12.1 Å². The molecule has 1 fully saturated rings. The Hall–Kier alpha value is -1.26. The standard InChI is InChI=1S/C15H27NO4/c1-5-6-9-19-13(17)12(10-11-7-8-11)16-14(18)20-15(2,3)4/h11-12H,5-10H2,1-4H3,(H,16,18)/t12-/m1/s1. The van der Waals surface area contributed by atoms with Crippen LogP contribution in [0.2, 0.25) is 0 Å². The van der Waals surface area contributed by atoms with E-state index in [2.05, 4.69) is 5.32 Å². The second-order valence-corrected chi connectivity index (χ2v) is 6.40. The minimum atomic E-state index is -0.589. The van der Waals surface area contributed by atoms with Crippen molar-refractivity contribution in [2.24, 2.45) is 5.92 Å². The molecule has 5 nitrogen and oxygen atoms in total. The van der Waals surface area contributed by atoms with Crippen LogP contribution in [0.1, 0.15) is 59.8 Å². The van der Waals surface area contributed by atoms with Crippen molar-refractivity contribution in [1.82, 2.24) is 5.32 Å². The number of ether oxygens (including phenoxy) is 2. The van der Waals surface area contributed by atoms with Gasteiger partial charge in [0.1, 0.15) is 11.6 Å². The quantitative estimate of drug-likeness (QED) is 0.577. The largest absolute Gasteiger partial charge is 0.464 e. The van der Waals surface area contributed by atoms with Gasteiger partial charge in [-0.25, -0.2) is 9.59 Å². The fourth-order valence-electron chi connectivity index (χ4n) is 1.77. The van der Waals surface area contributed by atoms with Gasteiger partial charge in [0.25, 0.3) is 0 Å². The summed E-state index contributed by atoms with van der Waals surface area (Å²) in [5, 5.41) is 2.64. The Labute approximate surface area is 121 Å². The number of unbranched alkanes of at least 4 members (excludes halogenated alkanes) is 1. The van der Waals surface area contributed by atoms with Crippen LogP contribution in [0, 0.1) is 5.92 Å². The first-order valence-electron chi connectivity index (χ1n) is 7.48. The highest BCUT2D eigenvalue weighted by molar-refractivity contribution is 5.81. The fourth-order valence-corrected chi connectivity index (χ4v) is 1.77. The van der Waals surface area contributed by atoms with Crippen molar-refractivity contribution in [2.75, 3.05) is 6.61 Å². The molecule has 1 saturated carbocycles. The Kier molecular flexibility index (Phi) is 6.30. The molecule has 1 aliphatic rings. The minimum absolute atomic E-state index is 0.351. The maximum absolute atomic E-state index is 12.0. The van der Waals surface area contributed by atoms with Crippen LogP contribution in [0.5, 0.6) is 0 Å². The summed E-state index contributed by atoms with van der Waals surface area (Å²) in [7, 11) is 0. The number of rotatable bonds is 7. The zero-order valence-corrected chi connectivity index (χ0v) is 13.0. The molecule has 1 rings (SSSR count). The summed E-state index contributed by atoms with van der Waals surface area (Å²) in [4.78, 5) is 23.8. The molecule has 0 aliphatic heterocycles. The van der Waals surface area contributed by atoms with Crippen molar-refractivity contribution in [3.05, 3.63) is 0 Å². The van der Waals surface area contributed by atoms with Gasteiger partial charge in [-0.05, 0) is 39.5 Å². The van der Waals surface area contributed by atoms with Crippen LogP contribution >= 0.6 is 0 Å². The SMILES string of the molecule is CCCCOC(=O)[C@@H](CC1CC1)NC(=O)OC(C)(C)C. The molecule has 0 radical (unpaired) electrons. The van der Waals surface area contributed by atoms with Gasteiger partial charge in [-0.2, -0.15) is 0 Å². The molecule has 1 aliphatic carbocycles. The molecule has 0 unspecified atom stereocenters. The first kappa shape index (κ1) is 16.8. The zero-order chi connectivity index (χ0) is 15.2. The Bertz CT molecular complexity index is 331. The summed E-state index contributed by atoms with van der Waals surface area (Å²) in [6.45, 7) is 7.83. The third-order valence-electron chi connectivity index (χ3n) is 2.98. The second kappa shape index (κ2) is 7.50. The van der Waals surface area contributed by atoms with E-state index in [9.17, 15) is 9.59 Å². The van der Waals surface area contributed by atoms with Gasteiger partial charge in [0, 0.05) is 0 Å². The van der Waals surface area contributed by atoms with E-state index < -0.39 is 17.7 Å². The molecular weight excluding hydrogens is 258 g/mol. The van der Waals surface area contributed by atoms with E-state index in [-0.39, 0.29) is 5.97 Å². The van der Waals surface area contributed by atoms with E-state index in [0.29, 0.717) is 18.9 Å². The van der Waals surface area contributed by atoms with E-state index in [4.69, 9.17) is 9.47 Å². The first-order valence-corrected chi connectivity index (χ1v) is 7.48. The second-order valence-electron chi connectivity index (χ2n) is 6.40. The number of nitrogens with one attached hydrogen (secondary N) is 1. The van der Waals surface area contributed by atoms with E-state index in [1.807, 2.05) is 6.92 Å². The number of carbonyl (C=O) groups is 2. The summed E-state index contributed by atoms with van der Waals surface area (Å²) in [6.07, 6.45) is 4.14. The van der Waals surface area contributed by atoms with Crippen LogP contribution in [0.15, 0.2) is 0 Å². The van der Waals surface area contributed by atoms with Crippen LogP contribution in [0.25, 0.3) is 0 Å². The number of hydrogen-bond donors (Lipinski definition) is 1. The number of esters is 1. The molecule has 1 atom stereocenters. The highest BCUT2D eigenvalue weighted by atomic mass is 16.6. The van der Waals surface area contributed by atoms with E-state index in [0.717, 1.165) is 25.7 Å². The minimum Gasteiger partial charge on any atom is -0.464 e. The van der Waals surface area contributed by atoms with Gasteiger partial charge in [0.2, 0.25) is 0 Å². The lowest BCUT2D eigenvalue weighted by Gasteiger charge is -2.23. The van der Waals surface area contributed by atoms with Crippen molar-refractivity contribution in [3.63, 3.8) is 0 Å². The van der Waals surface area contributed by atoms with Crippen molar-refractivity contribution in [2.45, 2.75) is 71.4 Å². The lowest BCUT2D eigenvalue weighted by atomic mass is 10.1. The molecule has 116 valence electrons. The van der Waals surface area contributed by atoms with E-state index >= 15 is 0 Å². The molecule has 0 aromatic carbocycles. The van der Waals surface area contributed by atoms with Gasteiger partial charge in [-0.15, -0.1) is 0 Å². The summed E-state index contributed by atoms with van der Waals surface area (Å²) in [5.41, 5.74) is -0.569. The number of amides is 1. The Morgan fingerprint density at radius 3 is 2.45 bits per heavy atom. The van der Waals surface area contributed by atoms with Crippen molar-refractivity contribution in [1.29, 1.82) is 0 Å². The Balaban J connectivity index is 2.45. The first-order chi connectivity index (χ1) is 9.31. The molecule has 20 heavy (non-hydrogen) atoms. The van der Waals surface area contributed by atoms with Gasteiger partial charge < -0.3 is 14.8 Å². The highest BCUT2D eigenvalue weighted by Crippen LogP contribution is 2.33. The Morgan fingerprint density at radius 1 is 1.30 bits per heavy atom. The van der Waals surface area contributed by atoms with Gasteiger partial charge >= 0.3 is 12.1 Å². The van der Waals surface area contributed by atoms with Crippen molar-refractivity contribution in [3.8, 4) is 0 Å². The number of hydrogen-bond acceptors (Lipinski definition) is 4. The average molecular weight is 285 g/mol. The van der Waals surface area contributed by atoms with Gasteiger partial charge in [-0.1, -0.05) is 26.2 Å². The van der Waals surface area contributed by atoms with Gasteiger partial charge in [-0.3, -0.25) is 0 Å². The molecule has 0 aromatic heterocycles. The summed E-state index contributed by atoms with van der Waals surface area (Å²) in [6, 6.07) is -0.589. The van der Waals surface area contributed by atoms with Crippen LogP contribution < -0.4 is 5.32 Å². The molecule has 0 heterocycles. The summed E-state index contributed by atoms with van der Waals surface area (Å²) >= 11 is 0. The maximum Gasteiger partial charge on any atom is 0.408 e. The molecule has 1 N–H and O–H groups in total. The smallest absolute Gasteiger partial charge is 0.408 e. The third kappa shape index (κ3) is 7.36. The fraction of sp³-hybridized carbons (Fsp3) is 0.867. The molecule has 5 heteroatoms. The topological polar surface area (TPSA) is 64.6 Å². The molecule has 1 amide bonds. The summed E-state index contributed by atoms with van der Waals surface area (Å²) in [5.74, 6) is 0.171. The monoisotopic (exact) mass is 285 g/mol. The van der Waals surface area contributed by atoms with Gasteiger partial charge in [0.05, 0.1) is 6.61 Å². The predicted molar refractivity (Wildman–Crippen MR) is 76.4 cm³/mol. The Morgan fingerprint density at radius 2 is 1.95 bits per heavy atom. The molecule has 0 spiro atoms. The van der Waals surface area contributed by atoms with Crippen LogP contribution in [0.4, 0.5) is 4.79 Å².